The summed E-state index contributed by atoms with van der Waals surface area (Å²) in [4.78, 5) is 2.04. The maximum absolute atomic E-state index is 12.8. The van der Waals surface area contributed by atoms with Gasteiger partial charge in [-0.15, -0.1) is 5.10 Å². The van der Waals surface area contributed by atoms with Crippen LogP contribution in [0.15, 0.2) is 47.4 Å². The minimum Gasteiger partial charge on any atom is -0.492 e. The van der Waals surface area contributed by atoms with Crippen LogP contribution in [-0.2, 0) is 16.6 Å². The fourth-order valence-electron chi connectivity index (χ4n) is 3.05. The number of halogens is 2. The molecule has 0 saturated carbocycles. The number of rotatable bonds is 11. The molecule has 184 valence electrons. The third kappa shape index (κ3) is 6.61. The van der Waals surface area contributed by atoms with Gasteiger partial charge < -0.3 is 14.4 Å². The monoisotopic (exact) mass is 527 g/mol. The van der Waals surface area contributed by atoms with Crippen LogP contribution in [0.4, 0.5) is 0 Å². The molecule has 0 radical (unpaired) electrons. The van der Waals surface area contributed by atoms with E-state index in [2.05, 4.69) is 14.9 Å². The molecular formula is C22H27Cl2N5O4S. The topological polar surface area (TPSA) is 98.6 Å². The predicted molar refractivity (Wildman–Crippen MR) is 131 cm³/mol. The maximum atomic E-state index is 12.8. The number of sulfonamides is 1. The Labute approximate surface area is 209 Å². The molecule has 3 aromatic rings. The summed E-state index contributed by atoms with van der Waals surface area (Å²) in [5.41, 5.74) is 0. The van der Waals surface area contributed by atoms with Gasteiger partial charge in [0, 0.05) is 13.1 Å². The van der Waals surface area contributed by atoms with Gasteiger partial charge in [0.2, 0.25) is 10.0 Å². The van der Waals surface area contributed by atoms with Crippen molar-refractivity contribution < 1.29 is 17.9 Å². The second kappa shape index (κ2) is 11.4. The number of nitrogens with one attached hydrogen (secondary N) is 1. The second-order valence-electron chi connectivity index (χ2n) is 7.73. The Morgan fingerprint density at radius 2 is 1.74 bits per heavy atom. The second-order valence-corrected chi connectivity index (χ2v) is 10.3. The normalized spacial score (nSPS) is 12.7. The molecular weight excluding hydrogens is 501 g/mol. The SMILES string of the molecule is CCn1c(Oc2ccc(OCCN(C)C)cc2)nnc1[C@@H](C)NS(=O)(=O)c1ccc(Cl)c(Cl)c1. The Morgan fingerprint density at radius 3 is 2.35 bits per heavy atom. The van der Waals surface area contributed by atoms with Crippen LogP contribution in [0.2, 0.25) is 10.0 Å². The molecule has 0 saturated heterocycles. The molecule has 1 heterocycles. The van der Waals surface area contributed by atoms with Crippen molar-refractivity contribution in [1.29, 1.82) is 0 Å². The first-order valence-electron chi connectivity index (χ1n) is 10.6. The van der Waals surface area contributed by atoms with Gasteiger partial charge in [0.1, 0.15) is 18.1 Å². The number of nitrogens with zero attached hydrogens (tertiary/aromatic N) is 4. The van der Waals surface area contributed by atoms with Crippen LogP contribution in [0, 0.1) is 0 Å². The zero-order valence-electron chi connectivity index (χ0n) is 19.3. The molecule has 0 bridgehead atoms. The third-order valence-electron chi connectivity index (χ3n) is 4.82. The molecule has 1 atom stereocenters. The molecule has 0 aliphatic heterocycles. The molecule has 0 spiro atoms. The number of aromatic nitrogens is 3. The van der Waals surface area contributed by atoms with Crippen molar-refractivity contribution >= 4 is 33.2 Å². The Balaban J connectivity index is 1.71. The smallest absolute Gasteiger partial charge is 0.322 e. The van der Waals surface area contributed by atoms with E-state index in [-0.39, 0.29) is 21.0 Å². The van der Waals surface area contributed by atoms with Crippen molar-refractivity contribution in [2.45, 2.75) is 31.3 Å². The highest BCUT2D eigenvalue weighted by atomic mass is 35.5. The highest BCUT2D eigenvalue weighted by Crippen LogP contribution is 2.27. The Kier molecular flexibility index (Phi) is 8.78. The van der Waals surface area contributed by atoms with Crippen molar-refractivity contribution in [3.05, 3.63) is 58.3 Å². The van der Waals surface area contributed by atoms with E-state index in [4.69, 9.17) is 32.7 Å². The average Bonchev–Trinajstić information content (AvgIpc) is 3.19. The first-order valence-corrected chi connectivity index (χ1v) is 12.8. The lowest BCUT2D eigenvalue weighted by molar-refractivity contribution is 0.261. The van der Waals surface area contributed by atoms with Crippen LogP contribution >= 0.6 is 23.2 Å². The van der Waals surface area contributed by atoms with E-state index < -0.39 is 16.1 Å². The first-order chi connectivity index (χ1) is 16.1. The summed E-state index contributed by atoms with van der Waals surface area (Å²) in [7, 11) is 0.0959. The quantitative estimate of drug-likeness (QED) is 0.395. The van der Waals surface area contributed by atoms with Gasteiger partial charge in [-0.2, -0.15) is 0 Å². The lowest BCUT2D eigenvalue weighted by atomic mass is 10.3. The maximum Gasteiger partial charge on any atom is 0.322 e. The number of benzene rings is 2. The van der Waals surface area contributed by atoms with E-state index in [1.165, 1.54) is 18.2 Å². The minimum absolute atomic E-state index is 0.000627. The summed E-state index contributed by atoms with van der Waals surface area (Å²) in [5.74, 6) is 1.69. The zero-order chi connectivity index (χ0) is 24.9. The number of likely N-dealkylation sites (N-methyl/N-ethyl adjacent to an activating group) is 1. The van der Waals surface area contributed by atoms with Crippen LogP contribution in [-0.4, -0.2) is 55.3 Å². The summed E-state index contributed by atoms with van der Waals surface area (Å²) < 4.78 is 41.5. The van der Waals surface area contributed by atoms with Gasteiger partial charge >= 0.3 is 6.01 Å². The van der Waals surface area contributed by atoms with Crippen molar-refractivity contribution in [1.82, 2.24) is 24.4 Å². The third-order valence-corrected chi connectivity index (χ3v) is 7.10. The molecule has 2 aromatic carbocycles. The van der Waals surface area contributed by atoms with E-state index in [0.717, 1.165) is 12.3 Å². The Hall–Kier alpha value is -2.37. The summed E-state index contributed by atoms with van der Waals surface area (Å²) in [5, 5.41) is 8.68. The summed E-state index contributed by atoms with van der Waals surface area (Å²) in [6, 6.07) is 10.9. The first kappa shape index (κ1) is 26.2. The highest BCUT2D eigenvalue weighted by molar-refractivity contribution is 7.89. The van der Waals surface area contributed by atoms with Crippen LogP contribution in [0.25, 0.3) is 0 Å². The Morgan fingerprint density at radius 1 is 1.06 bits per heavy atom. The standard InChI is InChI=1S/C22H27Cl2N5O4S/c1-5-29-21(15(2)27-34(30,31)18-10-11-19(23)20(24)14-18)25-26-22(29)33-17-8-6-16(7-9-17)32-13-12-28(3)4/h6-11,14-15,27H,5,12-13H2,1-4H3/t15-/m1/s1. The van der Waals surface area contributed by atoms with Crippen LogP contribution in [0.5, 0.6) is 17.5 Å². The minimum atomic E-state index is -3.87. The van der Waals surface area contributed by atoms with Gasteiger partial charge in [-0.05, 0) is 70.4 Å². The van der Waals surface area contributed by atoms with Gasteiger partial charge in [0.25, 0.3) is 0 Å². The van der Waals surface area contributed by atoms with E-state index in [1.54, 1.807) is 23.6 Å². The van der Waals surface area contributed by atoms with E-state index in [0.29, 0.717) is 24.7 Å². The van der Waals surface area contributed by atoms with Crippen LogP contribution in [0.1, 0.15) is 25.7 Å². The van der Waals surface area contributed by atoms with Crippen molar-refractivity contribution in [2.75, 3.05) is 27.2 Å². The van der Waals surface area contributed by atoms with Crippen molar-refractivity contribution in [3.8, 4) is 17.5 Å². The van der Waals surface area contributed by atoms with Crippen LogP contribution in [0.3, 0.4) is 0 Å². The molecule has 1 aromatic heterocycles. The summed E-state index contributed by atoms with van der Waals surface area (Å²) in [6.45, 7) is 5.43. The van der Waals surface area contributed by atoms with Crippen LogP contribution < -0.4 is 14.2 Å². The molecule has 3 rings (SSSR count). The number of hydrogen-bond acceptors (Lipinski definition) is 7. The lowest BCUT2D eigenvalue weighted by Crippen LogP contribution is -2.29. The van der Waals surface area contributed by atoms with E-state index in [1.807, 2.05) is 38.1 Å². The number of hydrogen-bond donors (Lipinski definition) is 1. The van der Waals surface area contributed by atoms with Gasteiger partial charge in [-0.1, -0.05) is 28.3 Å². The van der Waals surface area contributed by atoms with Gasteiger partial charge in [-0.3, -0.25) is 4.57 Å². The summed E-state index contributed by atoms with van der Waals surface area (Å²) >= 11 is 11.9. The molecule has 0 fully saturated rings. The molecule has 0 aliphatic carbocycles. The van der Waals surface area contributed by atoms with Crippen molar-refractivity contribution in [2.24, 2.45) is 0 Å². The lowest BCUT2D eigenvalue weighted by Gasteiger charge is -2.16. The average molecular weight is 528 g/mol. The predicted octanol–water partition coefficient (Wildman–Crippen LogP) is 4.38. The molecule has 12 heteroatoms. The summed E-state index contributed by atoms with van der Waals surface area (Å²) in [6.07, 6.45) is 0. The molecule has 0 amide bonds. The van der Waals surface area contributed by atoms with E-state index >= 15 is 0 Å². The number of ether oxygens (including phenoxy) is 2. The van der Waals surface area contributed by atoms with E-state index in [9.17, 15) is 8.42 Å². The van der Waals surface area contributed by atoms with Gasteiger partial charge in [-0.25, -0.2) is 13.1 Å². The molecule has 1 N–H and O–H groups in total. The fraction of sp³-hybridized carbons (Fsp3) is 0.364. The zero-order valence-corrected chi connectivity index (χ0v) is 21.7. The highest BCUT2D eigenvalue weighted by Gasteiger charge is 2.24. The van der Waals surface area contributed by atoms with Crippen molar-refractivity contribution in [3.63, 3.8) is 0 Å². The largest absolute Gasteiger partial charge is 0.492 e. The fourth-order valence-corrected chi connectivity index (χ4v) is 4.64. The molecule has 0 aliphatic rings. The van der Waals surface area contributed by atoms with Gasteiger partial charge in [0.15, 0.2) is 5.82 Å². The molecule has 0 unspecified atom stereocenters. The Bertz CT molecular complexity index is 1220. The van der Waals surface area contributed by atoms with Gasteiger partial charge in [0.05, 0.1) is 21.0 Å². The molecule has 9 nitrogen and oxygen atoms in total. The molecule has 34 heavy (non-hydrogen) atoms.